The van der Waals surface area contributed by atoms with Crippen LogP contribution in [0.3, 0.4) is 0 Å². The highest BCUT2D eigenvalue weighted by Crippen LogP contribution is 2.21. The summed E-state index contributed by atoms with van der Waals surface area (Å²) in [5, 5.41) is 9.10. The normalized spacial score (nSPS) is 15.1. The van der Waals surface area contributed by atoms with Crippen molar-refractivity contribution < 1.29 is 23.9 Å². The molecule has 0 aromatic heterocycles. The SMILES string of the molecule is CC(C)(C)OC(=O)NCCc1ccc(N)cc1.CC(C)(C)OC(=O)NCCc1ccc(NC2CCSCC2)cc1.O=C1CCSCC1. The summed E-state index contributed by atoms with van der Waals surface area (Å²) in [6, 6.07) is 16.7. The molecule has 0 aliphatic carbocycles. The van der Waals surface area contributed by atoms with E-state index in [-0.39, 0.29) is 12.2 Å². The number of thioether (sulfide) groups is 2. The van der Waals surface area contributed by atoms with Crippen LogP contribution in [0, 0.1) is 0 Å². The van der Waals surface area contributed by atoms with E-state index in [4.69, 9.17) is 15.2 Å². The predicted molar refractivity (Wildman–Crippen MR) is 199 cm³/mol. The van der Waals surface area contributed by atoms with Crippen molar-refractivity contribution in [3.05, 3.63) is 59.7 Å². The number of hydrogen-bond donors (Lipinski definition) is 4. The molecule has 47 heavy (non-hydrogen) atoms. The fourth-order valence-corrected chi connectivity index (χ4v) is 6.43. The minimum Gasteiger partial charge on any atom is -0.444 e. The Morgan fingerprint density at radius 2 is 1.15 bits per heavy atom. The van der Waals surface area contributed by atoms with Crippen molar-refractivity contribution in [1.82, 2.24) is 10.6 Å². The van der Waals surface area contributed by atoms with Crippen LogP contribution in [0.1, 0.15) is 78.4 Å². The molecule has 2 saturated heterocycles. The molecule has 0 bridgehead atoms. The average molecular weight is 689 g/mol. The number of carbonyl (C=O) groups is 3. The third-order valence-electron chi connectivity index (χ3n) is 6.74. The lowest BCUT2D eigenvalue weighted by Crippen LogP contribution is -2.33. The Morgan fingerprint density at radius 1 is 0.723 bits per heavy atom. The van der Waals surface area contributed by atoms with Crippen molar-refractivity contribution in [2.24, 2.45) is 0 Å². The van der Waals surface area contributed by atoms with E-state index in [1.807, 2.05) is 89.3 Å². The maximum Gasteiger partial charge on any atom is 0.407 e. The summed E-state index contributed by atoms with van der Waals surface area (Å²) in [6.45, 7) is 12.3. The number of hydrogen-bond acceptors (Lipinski definition) is 9. The van der Waals surface area contributed by atoms with Gasteiger partial charge in [0, 0.05) is 54.9 Å². The third kappa shape index (κ3) is 20.7. The Balaban J connectivity index is 0.000000279. The van der Waals surface area contributed by atoms with E-state index < -0.39 is 11.2 Å². The minimum atomic E-state index is -0.453. The van der Waals surface area contributed by atoms with E-state index in [0.29, 0.717) is 24.9 Å². The van der Waals surface area contributed by atoms with Crippen molar-refractivity contribution in [3.63, 3.8) is 0 Å². The van der Waals surface area contributed by atoms with Crippen molar-refractivity contribution in [2.45, 2.75) is 97.3 Å². The summed E-state index contributed by atoms with van der Waals surface area (Å²) in [7, 11) is 0. The third-order valence-corrected chi connectivity index (χ3v) is 8.77. The summed E-state index contributed by atoms with van der Waals surface area (Å²) in [6.07, 6.45) is 4.94. The molecule has 2 aromatic rings. The quantitative estimate of drug-likeness (QED) is 0.209. The van der Waals surface area contributed by atoms with Crippen molar-refractivity contribution in [3.8, 4) is 0 Å². The van der Waals surface area contributed by atoms with E-state index in [1.54, 1.807) is 0 Å². The molecule has 262 valence electrons. The van der Waals surface area contributed by atoms with E-state index in [0.717, 1.165) is 48.4 Å². The molecule has 2 heterocycles. The Bertz CT molecular complexity index is 1200. The lowest BCUT2D eigenvalue weighted by atomic mass is 10.1. The number of nitrogens with one attached hydrogen (secondary N) is 3. The molecule has 5 N–H and O–H groups in total. The lowest BCUT2D eigenvalue weighted by molar-refractivity contribution is -0.118. The number of carbonyl (C=O) groups excluding carboxylic acids is 3. The maximum absolute atomic E-state index is 11.6. The van der Waals surface area contributed by atoms with E-state index >= 15 is 0 Å². The number of alkyl carbamates (subject to hydrolysis) is 2. The summed E-state index contributed by atoms with van der Waals surface area (Å²) in [4.78, 5) is 33.4. The molecule has 0 saturated carbocycles. The van der Waals surface area contributed by atoms with Gasteiger partial charge in [-0.1, -0.05) is 24.3 Å². The number of ketones is 1. The molecular weight excluding hydrogens is 633 g/mol. The molecule has 2 aliphatic heterocycles. The Kier molecular flexibility index (Phi) is 18.0. The van der Waals surface area contributed by atoms with Crippen molar-refractivity contribution >= 4 is 52.9 Å². The number of nitrogen functional groups attached to an aromatic ring is 1. The second-order valence-electron chi connectivity index (χ2n) is 13.5. The number of anilines is 2. The van der Waals surface area contributed by atoms with Crippen LogP contribution >= 0.6 is 23.5 Å². The zero-order valence-electron chi connectivity index (χ0n) is 29.1. The number of ether oxygens (including phenoxy) is 2. The van der Waals surface area contributed by atoms with Gasteiger partial charge in [0.1, 0.15) is 17.0 Å². The van der Waals surface area contributed by atoms with E-state index in [2.05, 4.69) is 40.2 Å². The first-order valence-electron chi connectivity index (χ1n) is 16.5. The molecule has 9 nitrogen and oxygen atoms in total. The highest BCUT2D eigenvalue weighted by molar-refractivity contribution is 7.99. The van der Waals surface area contributed by atoms with Gasteiger partial charge < -0.3 is 31.2 Å². The van der Waals surface area contributed by atoms with E-state index in [1.165, 1.54) is 35.6 Å². The fourth-order valence-electron chi connectivity index (χ4n) is 4.37. The van der Waals surface area contributed by atoms with Gasteiger partial charge in [-0.05, 0) is 114 Å². The van der Waals surface area contributed by atoms with Gasteiger partial charge in [0.2, 0.25) is 0 Å². The molecule has 2 amide bonds. The summed E-state index contributed by atoms with van der Waals surface area (Å²) >= 11 is 3.92. The molecule has 0 atom stereocenters. The number of nitrogens with two attached hydrogens (primary N) is 1. The number of rotatable bonds is 8. The monoisotopic (exact) mass is 688 g/mol. The maximum atomic E-state index is 11.6. The molecular formula is C36H56N4O5S2. The second kappa shape index (κ2) is 21.0. The molecule has 2 aliphatic rings. The van der Waals surface area contributed by atoms with E-state index in [9.17, 15) is 14.4 Å². The molecule has 4 rings (SSSR count). The largest absolute Gasteiger partial charge is 0.444 e. The number of Topliss-reactive ketones (excluding diaryl/α,β-unsaturated/α-hetero) is 1. The average Bonchev–Trinajstić information content (AvgIpc) is 2.99. The Labute approximate surface area is 290 Å². The van der Waals surface area contributed by atoms with Crippen LogP contribution < -0.4 is 21.7 Å². The number of benzene rings is 2. The van der Waals surface area contributed by atoms with Gasteiger partial charge in [-0.3, -0.25) is 4.79 Å². The Hall–Kier alpha value is -3.05. The molecule has 0 unspecified atom stereocenters. The molecule has 0 radical (unpaired) electrons. The van der Waals surface area contributed by atoms with Crippen molar-refractivity contribution in [1.29, 1.82) is 0 Å². The zero-order chi connectivity index (χ0) is 34.7. The smallest absolute Gasteiger partial charge is 0.407 e. The van der Waals surface area contributed by atoms with Crippen LogP contribution in [-0.4, -0.2) is 71.3 Å². The highest BCUT2D eigenvalue weighted by atomic mass is 32.2. The van der Waals surface area contributed by atoms with Gasteiger partial charge in [0.25, 0.3) is 0 Å². The number of amides is 2. The topological polar surface area (TPSA) is 132 Å². The first-order valence-corrected chi connectivity index (χ1v) is 18.8. The summed E-state index contributed by atoms with van der Waals surface area (Å²) < 4.78 is 10.3. The van der Waals surface area contributed by atoms with Gasteiger partial charge in [-0.2, -0.15) is 23.5 Å². The molecule has 2 fully saturated rings. The summed E-state index contributed by atoms with van der Waals surface area (Å²) in [5.41, 5.74) is 8.96. The highest BCUT2D eigenvalue weighted by Gasteiger charge is 2.17. The van der Waals surface area contributed by atoms with Crippen LogP contribution in [0.2, 0.25) is 0 Å². The van der Waals surface area contributed by atoms with Gasteiger partial charge >= 0.3 is 12.2 Å². The van der Waals surface area contributed by atoms with Gasteiger partial charge in [0.15, 0.2) is 0 Å². The first kappa shape index (κ1) is 40.1. The predicted octanol–water partition coefficient (Wildman–Crippen LogP) is 7.48. The molecule has 2 aromatic carbocycles. The van der Waals surface area contributed by atoms with Gasteiger partial charge in [-0.25, -0.2) is 9.59 Å². The summed E-state index contributed by atoms with van der Waals surface area (Å²) in [5.74, 6) is 5.06. The van der Waals surface area contributed by atoms with Crippen LogP contribution in [0.5, 0.6) is 0 Å². The standard InChI is InChI=1S/C18H28N2O2S.C13H20N2O2.C5H8OS/c1-18(2,3)22-17(21)19-11-8-14-4-6-15(7-5-14)20-16-9-12-23-13-10-16;1-13(2,3)17-12(16)15-9-8-10-4-6-11(14)7-5-10;6-5-1-3-7-4-2-5/h4-7,16,20H,8-13H2,1-3H3,(H,19,21);4-7H,8-9,14H2,1-3H3,(H,15,16);1-4H2. The van der Waals surface area contributed by atoms with Crippen LogP contribution in [0.15, 0.2) is 48.5 Å². The van der Waals surface area contributed by atoms with Crippen LogP contribution in [0.25, 0.3) is 0 Å². The second-order valence-corrected chi connectivity index (χ2v) is 15.9. The molecule has 11 heteroatoms. The van der Waals surface area contributed by atoms with Crippen molar-refractivity contribution in [2.75, 3.05) is 47.2 Å². The Morgan fingerprint density at radius 3 is 1.55 bits per heavy atom. The minimum absolute atomic E-state index is 0.356. The zero-order valence-corrected chi connectivity index (χ0v) is 30.7. The molecule has 0 spiro atoms. The first-order chi connectivity index (χ1) is 22.2. The van der Waals surface area contributed by atoms with Crippen LogP contribution in [-0.2, 0) is 27.1 Å². The van der Waals surface area contributed by atoms with Gasteiger partial charge in [-0.15, -0.1) is 0 Å². The lowest BCUT2D eigenvalue weighted by Gasteiger charge is -2.23. The van der Waals surface area contributed by atoms with Crippen LogP contribution in [0.4, 0.5) is 21.0 Å². The fraction of sp³-hybridized carbons (Fsp3) is 0.583. The van der Waals surface area contributed by atoms with Gasteiger partial charge in [0.05, 0.1) is 0 Å².